The molecule has 0 fully saturated rings. The summed E-state index contributed by atoms with van der Waals surface area (Å²) in [5, 5.41) is 61.2. The number of unbranched alkanes of at least 4 members (excludes halogenated alkanes) is 1. The molecule has 8 amide bonds. The zero-order valence-corrected chi connectivity index (χ0v) is 47.9. The highest BCUT2D eigenvalue weighted by Gasteiger charge is 2.37. The van der Waals surface area contributed by atoms with Gasteiger partial charge in [-0.25, -0.2) is 9.78 Å². The number of thioether (sulfide) groups is 1. The fraction of sp³-hybridized carbons (Fsp3) is 0.509. The molecule has 4 rings (SSSR count). The number of H-pyrrole nitrogens is 2. The van der Waals surface area contributed by atoms with E-state index in [1.165, 1.54) is 48.6 Å². The predicted molar refractivity (Wildman–Crippen MR) is 307 cm³/mol. The van der Waals surface area contributed by atoms with E-state index in [-0.39, 0.29) is 43.8 Å². The monoisotopic (exact) mass is 1180 g/mol. The third-order valence-electron chi connectivity index (χ3n) is 13.5. The molecule has 28 heteroatoms. The zero-order chi connectivity index (χ0) is 61.3. The van der Waals surface area contributed by atoms with Crippen molar-refractivity contribution in [2.24, 2.45) is 23.3 Å². The Balaban J connectivity index is 1.63. The number of carboxylic acids is 2. The van der Waals surface area contributed by atoms with Gasteiger partial charge in [0.2, 0.25) is 47.3 Å². The van der Waals surface area contributed by atoms with E-state index in [1.807, 2.05) is 0 Å². The highest BCUT2D eigenvalue weighted by molar-refractivity contribution is 7.98. The van der Waals surface area contributed by atoms with Crippen molar-refractivity contribution in [1.29, 1.82) is 0 Å². The van der Waals surface area contributed by atoms with Crippen LogP contribution in [0.1, 0.15) is 83.0 Å². The van der Waals surface area contributed by atoms with Crippen LogP contribution in [0, 0.1) is 11.8 Å². The van der Waals surface area contributed by atoms with Crippen LogP contribution in [0.15, 0.2) is 67.3 Å². The number of para-hydroxylation sites is 1. The lowest BCUT2D eigenvalue weighted by Gasteiger charge is -2.29. The molecule has 9 atom stereocenters. The summed E-state index contributed by atoms with van der Waals surface area (Å²) in [7, 11) is 0. The molecule has 0 aliphatic carbocycles. The number of nitrogens with two attached hydrogens (primary N) is 2. The molecule has 18 N–H and O–H groups in total. The number of aliphatic carboxylic acids is 2. The third-order valence-corrected chi connectivity index (χ3v) is 14.2. The van der Waals surface area contributed by atoms with E-state index in [0.717, 1.165) is 0 Å². The summed E-state index contributed by atoms with van der Waals surface area (Å²) in [6, 6.07) is 0.00976. The molecule has 0 aliphatic rings. The van der Waals surface area contributed by atoms with Crippen molar-refractivity contribution in [2.45, 2.75) is 140 Å². The number of aliphatic hydroxyl groups excluding tert-OH is 1. The number of carboxylic acid groups (broad SMARTS) is 2. The maximum atomic E-state index is 14.8. The van der Waals surface area contributed by atoms with Gasteiger partial charge in [-0.3, -0.25) is 43.2 Å². The van der Waals surface area contributed by atoms with Crippen molar-refractivity contribution in [1.82, 2.24) is 57.5 Å². The van der Waals surface area contributed by atoms with Gasteiger partial charge >= 0.3 is 11.9 Å². The number of aromatic hydroxyl groups is 1. The summed E-state index contributed by atoms with van der Waals surface area (Å²) in [5.74, 6) is -10.5. The lowest BCUT2D eigenvalue weighted by molar-refractivity contribution is -0.142. The Morgan fingerprint density at radius 3 is 1.71 bits per heavy atom. The van der Waals surface area contributed by atoms with Crippen LogP contribution >= 0.6 is 11.8 Å². The number of aliphatic hydroxyl groups is 1. The van der Waals surface area contributed by atoms with Gasteiger partial charge < -0.3 is 84.4 Å². The largest absolute Gasteiger partial charge is 0.508 e. The van der Waals surface area contributed by atoms with Crippen molar-refractivity contribution in [3.05, 3.63) is 84.1 Å². The van der Waals surface area contributed by atoms with Crippen LogP contribution in [0.5, 0.6) is 5.75 Å². The van der Waals surface area contributed by atoms with Crippen LogP contribution in [0.3, 0.4) is 0 Å². The average Bonchev–Trinajstić information content (AvgIpc) is 4.39. The average molecular weight is 1180 g/mol. The summed E-state index contributed by atoms with van der Waals surface area (Å²) in [6.45, 7) is 5.79. The fourth-order valence-electron chi connectivity index (χ4n) is 8.60. The van der Waals surface area contributed by atoms with E-state index in [2.05, 4.69) is 57.5 Å². The number of amides is 8. The first-order chi connectivity index (χ1) is 39.5. The maximum absolute atomic E-state index is 14.8. The Labute approximate surface area is 484 Å². The number of carbonyl (C=O) groups is 10. The van der Waals surface area contributed by atoms with Crippen molar-refractivity contribution in [2.75, 3.05) is 25.2 Å². The van der Waals surface area contributed by atoms with Gasteiger partial charge in [0.05, 0.1) is 19.0 Å². The number of aromatic nitrogens is 3. The summed E-state index contributed by atoms with van der Waals surface area (Å²) in [5.41, 5.74) is 13.6. The topological polar surface area (TPSA) is 444 Å². The molecule has 0 bridgehead atoms. The number of hydrogen-bond donors (Lipinski definition) is 16. The number of phenolic OH excluding ortho intramolecular Hbond substituents is 1. The minimum atomic E-state index is -1.78. The van der Waals surface area contributed by atoms with Crippen LogP contribution < -0.4 is 54.0 Å². The number of benzene rings is 2. The normalized spacial score (nSPS) is 14.6. The second-order valence-corrected chi connectivity index (χ2v) is 21.6. The molecule has 0 unspecified atom stereocenters. The fourth-order valence-corrected chi connectivity index (χ4v) is 9.07. The second-order valence-electron chi connectivity index (χ2n) is 20.7. The Hall–Kier alpha value is -8.08. The molecule has 0 saturated carbocycles. The van der Waals surface area contributed by atoms with Gasteiger partial charge in [-0.05, 0) is 91.8 Å². The number of imidazole rings is 1. The first-order valence-corrected chi connectivity index (χ1v) is 28.6. The molecule has 0 saturated heterocycles. The Morgan fingerprint density at radius 1 is 0.602 bits per heavy atom. The Morgan fingerprint density at radius 2 is 1.14 bits per heavy atom. The van der Waals surface area contributed by atoms with Crippen LogP contribution in [-0.2, 0) is 67.2 Å². The van der Waals surface area contributed by atoms with Crippen molar-refractivity contribution >= 4 is 81.9 Å². The smallest absolute Gasteiger partial charge is 0.326 e. The van der Waals surface area contributed by atoms with Gasteiger partial charge in [0.1, 0.15) is 54.1 Å². The number of fused-ring (bicyclic) bond motifs is 1. The molecule has 0 aliphatic heterocycles. The van der Waals surface area contributed by atoms with E-state index < -0.39 is 139 Å². The van der Waals surface area contributed by atoms with Gasteiger partial charge in [0, 0.05) is 54.7 Å². The number of phenols is 1. The molecule has 27 nitrogen and oxygen atoms in total. The SMILES string of the molecule is CSCC[C@H](NC(=O)[C@@H](N)C(C)C)C(=O)N[C@@H](CCC(=O)O)C(=O)N[C@H](C(=O)N[C@@H](CO)C(=O)N[C@@H](Cc1c[nH]c2ccccc12)C(=O)N[C@@H](Cc1cnc[nH]1)C(=O)N[C@@H](Cc1ccc(O)cc1)C(=O)N[C@@H](CCCCN)C(=O)O)C(C)C. The predicted octanol–water partition coefficient (Wildman–Crippen LogP) is -1.03. The molecule has 0 radical (unpaired) electrons. The summed E-state index contributed by atoms with van der Waals surface area (Å²) in [6.07, 6.45) is 5.43. The molecule has 2 aromatic carbocycles. The van der Waals surface area contributed by atoms with Gasteiger partial charge in [0.25, 0.3) is 0 Å². The molecule has 4 aromatic rings. The quantitative estimate of drug-likeness (QED) is 0.0242. The number of hydrogen-bond acceptors (Lipinski definition) is 16. The first-order valence-electron chi connectivity index (χ1n) is 27.2. The number of nitrogens with one attached hydrogen (secondary N) is 10. The minimum Gasteiger partial charge on any atom is -0.508 e. The lowest BCUT2D eigenvalue weighted by atomic mass is 10.0. The van der Waals surface area contributed by atoms with Gasteiger partial charge in [-0.15, -0.1) is 0 Å². The number of aromatic amines is 2. The Kier molecular flexibility index (Phi) is 27.4. The molecule has 2 aromatic heterocycles. The van der Waals surface area contributed by atoms with E-state index in [9.17, 15) is 68.4 Å². The van der Waals surface area contributed by atoms with E-state index in [4.69, 9.17) is 11.5 Å². The highest BCUT2D eigenvalue weighted by Crippen LogP contribution is 2.20. The summed E-state index contributed by atoms with van der Waals surface area (Å²) in [4.78, 5) is 146. The minimum absolute atomic E-state index is 0.0337. The first kappa shape index (κ1) is 67.4. The standard InChI is InChI=1S/C55H79N13O14S/c1-29(2)45(57)53(79)62-38(19-21-83-5)47(73)61-37(17-18-44(71)72)48(74)68-46(30(3)4)54(80)67-43(27-69)52(78)65-41(23-32-25-59-36-11-7-6-10-35(32)36)50(76)66-42(24-33-26-58-28-60-33)51(77)64-40(22-31-13-15-34(70)16-14-31)49(75)63-39(55(81)82)12-8-9-20-56/h6-7,10-11,13-16,25-26,28-30,37-43,45-46,59,69-70H,8-9,12,17-24,27,56-57H2,1-5H3,(H,58,60)(H,61,73)(H,62,79)(H,63,75)(H,64,77)(H,65,78)(H,66,76)(H,67,80)(H,68,74)(H,71,72)(H,81,82)/t37-,38-,39-,40-,41-,42-,43-,45-,46-/m0/s1. The summed E-state index contributed by atoms with van der Waals surface area (Å²) >= 11 is 1.39. The number of nitrogens with zero attached hydrogens (tertiary/aromatic N) is 1. The van der Waals surface area contributed by atoms with E-state index >= 15 is 0 Å². The van der Waals surface area contributed by atoms with E-state index in [1.54, 1.807) is 64.4 Å². The second kappa shape index (κ2) is 33.7. The van der Waals surface area contributed by atoms with Crippen LogP contribution in [0.2, 0.25) is 0 Å². The van der Waals surface area contributed by atoms with Gasteiger partial charge in [-0.2, -0.15) is 11.8 Å². The molecule has 0 spiro atoms. The lowest BCUT2D eigenvalue weighted by Crippen LogP contribution is -2.62. The number of rotatable bonds is 36. The number of carbonyl (C=O) groups excluding carboxylic acids is 8. The van der Waals surface area contributed by atoms with Gasteiger partial charge in [0.15, 0.2) is 0 Å². The van der Waals surface area contributed by atoms with Crippen molar-refractivity contribution in [3.8, 4) is 5.75 Å². The maximum Gasteiger partial charge on any atom is 0.326 e. The van der Waals surface area contributed by atoms with E-state index in [0.29, 0.717) is 52.9 Å². The molecule has 454 valence electrons. The Bertz CT molecular complexity index is 2810. The molecular formula is C55H79N13O14S. The zero-order valence-electron chi connectivity index (χ0n) is 47.1. The third kappa shape index (κ3) is 21.6. The molecule has 83 heavy (non-hydrogen) atoms. The van der Waals surface area contributed by atoms with Crippen molar-refractivity contribution < 1.29 is 68.4 Å². The van der Waals surface area contributed by atoms with Crippen LogP contribution in [-0.4, -0.2) is 174 Å². The van der Waals surface area contributed by atoms with Crippen molar-refractivity contribution in [3.63, 3.8) is 0 Å². The summed E-state index contributed by atoms with van der Waals surface area (Å²) < 4.78 is 0. The molecular weight excluding hydrogens is 1100 g/mol. The van der Waals surface area contributed by atoms with Crippen LogP contribution in [0.25, 0.3) is 10.9 Å². The molecule has 2 heterocycles. The highest BCUT2D eigenvalue weighted by atomic mass is 32.2. The van der Waals surface area contributed by atoms with Crippen LogP contribution in [0.4, 0.5) is 0 Å². The van der Waals surface area contributed by atoms with Gasteiger partial charge in [-0.1, -0.05) is 58.0 Å².